The van der Waals surface area contributed by atoms with Gasteiger partial charge in [0, 0.05) is 12.2 Å². The van der Waals surface area contributed by atoms with Gasteiger partial charge in [0.1, 0.15) is 0 Å². The number of nitrogens with zero attached hydrogens (tertiary/aromatic N) is 1. The van der Waals surface area contributed by atoms with E-state index in [0.29, 0.717) is 22.5 Å². The number of pyridine rings is 1. The Hall–Kier alpha value is -1.13. The molecule has 2 aliphatic carbocycles. The van der Waals surface area contributed by atoms with Gasteiger partial charge in [0.05, 0.1) is 22.8 Å². The molecule has 4 atom stereocenters. The average molecular weight is 266 g/mol. The van der Waals surface area contributed by atoms with E-state index in [1.54, 1.807) is 18.5 Å². The highest BCUT2D eigenvalue weighted by molar-refractivity contribution is 6.33. The molecule has 1 amide bonds. The number of nitrogens with two attached hydrogens (primary N) is 1. The molecule has 1 aromatic rings. The van der Waals surface area contributed by atoms with E-state index in [0.717, 1.165) is 12.8 Å². The maximum Gasteiger partial charge on any atom is 0.229 e. The van der Waals surface area contributed by atoms with Crippen LogP contribution in [0, 0.1) is 17.8 Å². The molecule has 2 saturated carbocycles. The van der Waals surface area contributed by atoms with E-state index in [4.69, 9.17) is 17.3 Å². The maximum absolute atomic E-state index is 12.3. The van der Waals surface area contributed by atoms with E-state index in [-0.39, 0.29) is 17.9 Å². The number of carbonyl (C=O) groups is 1. The van der Waals surface area contributed by atoms with E-state index >= 15 is 0 Å². The van der Waals surface area contributed by atoms with Crippen LogP contribution in [0.15, 0.2) is 18.5 Å². The smallest absolute Gasteiger partial charge is 0.229 e. The van der Waals surface area contributed by atoms with Crippen molar-refractivity contribution in [3.05, 3.63) is 23.5 Å². The van der Waals surface area contributed by atoms with Crippen LogP contribution in [0.2, 0.25) is 5.02 Å². The average Bonchev–Trinajstić information content (AvgIpc) is 2.92. The molecule has 96 valence electrons. The van der Waals surface area contributed by atoms with Gasteiger partial charge < -0.3 is 11.1 Å². The van der Waals surface area contributed by atoms with Crippen LogP contribution in [0.1, 0.15) is 19.3 Å². The molecule has 2 aliphatic rings. The second-order valence-corrected chi connectivity index (χ2v) is 5.69. The number of halogens is 1. The van der Waals surface area contributed by atoms with Gasteiger partial charge in [-0.1, -0.05) is 11.6 Å². The van der Waals surface area contributed by atoms with E-state index in [1.807, 2.05) is 0 Å². The summed E-state index contributed by atoms with van der Waals surface area (Å²) in [5.74, 6) is 0.889. The number of hydrogen-bond acceptors (Lipinski definition) is 3. The lowest BCUT2D eigenvalue weighted by Crippen LogP contribution is -2.42. The van der Waals surface area contributed by atoms with Crippen molar-refractivity contribution in [1.29, 1.82) is 0 Å². The molecular weight excluding hydrogens is 250 g/mol. The lowest BCUT2D eigenvalue weighted by atomic mass is 9.84. The highest BCUT2D eigenvalue weighted by atomic mass is 35.5. The van der Waals surface area contributed by atoms with Crippen LogP contribution in [-0.2, 0) is 4.79 Å². The zero-order valence-electron chi connectivity index (χ0n) is 9.97. The molecular formula is C13H16ClN3O. The number of rotatable bonds is 2. The van der Waals surface area contributed by atoms with Crippen molar-refractivity contribution in [2.24, 2.45) is 23.5 Å². The first-order chi connectivity index (χ1) is 8.66. The zero-order chi connectivity index (χ0) is 12.7. The Kier molecular flexibility index (Phi) is 2.99. The van der Waals surface area contributed by atoms with Gasteiger partial charge in [0.25, 0.3) is 0 Å². The van der Waals surface area contributed by atoms with Gasteiger partial charge in [0.2, 0.25) is 5.91 Å². The maximum atomic E-state index is 12.3. The van der Waals surface area contributed by atoms with Crippen molar-refractivity contribution in [2.75, 3.05) is 5.32 Å². The number of carbonyl (C=O) groups excluding carboxylic acids is 1. The van der Waals surface area contributed by atoms with Gasteiger partial charge in [0.15, 0.2) is 0 Å². The van der Waals surface area contributed by atoms with E-state index in [2.05, 4.69) is 10.3 Å². The molecule has 0 aliphatic heterocycles. The molecule has 1 aromatic heterocycles. The highest BCUT2D eigenvalue weighted by Gasteiger charge is 2.49. The molecule has 2 bridgehead atoms. The van der Waals surface area contributed by atoms with Gasteiger partial charge in [-0.05, 0) is 37.2 Å². The standard InChI is InChI=1S/C13H16ClN3O/c14-9-3-4-16-6-10(9)17-13(18)11-7-1-2-8(5-7)12(11)15/h3-4,6-8,11-12H,1-2,5,15H2,(H,17,18). The monoisotopic (exact) mass is 265 g/mol. The predicted molar refractivity (Wildman–Crippen MR) is 70.2 cm³/mol. The molecule has 3 N–H and O–H groups in total. The summed E-state index contributed by atoms with van der Waals surface area (Å²) in [7, 11) is 0. The fraction of sp³-hybridized carbons (Fsp3) is 0.538. The third-order valence-corrected chi connectivity index (χ3v) is 4.64. The van der Waals surface area contributed by atoms with Crippen LogP contribution in [0.25, 0.3) is 0 Å². The van der Waals surface area contributed by atoms with Crippen LogP contribution in [0.4, 0.5) is 5.69 Å². The Morgan fingerprint density at radius 2 is 2.22 bits per heavy atom. The van der Waals surface area contributed by atoms with E-state index < -0.39 is 0 Å². The molecule has 4 nitrogen and oxygen atoms in total. The van der Waals surface area contributed by atoms with Crippen molar-refractivity contribution in [1.82, 2.24) is 4.98 Å². The molecule has 0 saturated heterocycles. The lowest BCUT2D eigenvalue weighted by molar-refractivity contribution is -0.121. The second-order valence-electron chi connectivity index (χ2n) is 5.28. The summed E-state index contributed by atoms with van der Waals surface area (Å²) in [5.41, 5.74) is 6.72. The minimum Gasteiger partial charge on any atom is -0.327 e. The largest absolute Gasteiger partial charge is 0.327 e. The summed E-state index contributed by atoms with van der Waals surface area (Å²) >= 11 is 6.00. The van der Waals surface area contributed by atoms with Gasteiger partial charge in [-0.15, -0.1) is 0 Å². The van der Waals surface area contributed by atoms with Crippen LogP contribution < -0.4 is 11.1 Å². The number of anilines is 1. The Labute approximate surface area is 111 Å². The Bertz CT molecular complexity index is 477. The molecule has 2 fully saturated rings. The van der Waals surface area contributed by atoms with Gasteiger partial charge >= 0.3 is 0 Å². The first kappa shape index (κ1) is 11.9. The van der Waals surface area contributed by atoms with Gasteiger partial charge in [-0.3, -0.25) is 9.78 Å². The van der Waals surface area contributed by atoms with Crippen molar-refractivity contribution >= 4 is 23.2 Å². The molecule has 5 heteroatoms. The predicted octanol–water partition coefficient (Wildman–Crippen LogP) is 2.05. The molecule has 0 aromatic carbocycles. The number of fused-ring (bicyclic) bond motifs is 2. The zero-order valence-corrected chi connectivity index (χ0v) is 10.7. The highest BCUT2D eigenvalue weighted by Crippen LogP contribution is 2.48. The van der Waals surface area contributed by atoms with E-state index in [1.165, 1.54) is 6.42 Å². The third-order valence-electron chi connectivity index (χ3n) is 4.31. The SMILES string of the molecule is NC1C2CCC(C2)C1C(=O)Nc1cnccc1Cl. The first-order valence-corrected chi connectivity index (χ1v) is 6.70. The molecule has 0 spiro atoms. The topological polar surface area (TPSA) is 68.0 Å². The summed E-state index contributed by atoms with van der Waals surface area (Å²) in [6.07, 6.45) is 6.56. The first-order valence-electron chi connectivity index (χ1n) is 6.33. The summed E-state index contributed by atoms with van der Waals surface area (Å²) in [4.78, 5) is 16.3. The summed E-state index contributed by atoms with van der Waals surface area (Å²) in [6, 6.07) is 1.66. The summed E-state index contributed by atoms with van der Waals surface area (Å²) < 4.78 is 0. The van der Waals surface area contributed by atoms with Crippen molar-refractivity contribution < 1.29 is 4.79 Å². The molecule has 3 rings (SSSR count). The Morgan fingerprint density at radius 3 is 2.89 bits per heavy atom. The van der Waals surface area contributed by atoms with Crippen LogP contribution in [0.3, 0.4) is 0 Å². The Morgan fingerprint density at radius 1 is 1.44 bits per heavy atom. The third kappa shape index (κ3) is 1.89. The van der Waals surface area contributed by atoms with Crippen LogP contribution in [-0.4, -0.2) is 16.9 Å². The summed E-state index contributed by atoms with van der Waals surface area (Å²) in [5, 5.41) is 3.36. The number of hydrogen-bond donors (Lipinski definition) is 2. The molecule has 0 radical (unpaired) electrons. The van der Waals surface area contributed by atoms with Crippen LogP contribution in [0.5, 0.6) is 0 Å². The molecule has 1 heterocycles. The fourth-order valence-corrected chi connectivity index (χ4v) is 3.56. The lowest BCUT2D eigenvalue weighted by Gasteiger charge is -2.27. The minimum atomic E-state index is -0.0694. The summed E-state index contributed by atoms with van der Waals surface area (Å²) in [6.45, 7) is 0. The van der Waals surface area contributed by atoms with E-state index in [9.17, 15) is 4.79 Å². The van der Waals surface area contributed by atoms with Gasteiger partial charge in [-0.25, -0.2) is 0 Å². The second kappa shape index (κ2) is 4.52. The van der Waals surface area contributed by atoms with Crippen molar-refractivity contribution in [3.8, 4) is 0 Å². The Balaban J connectivity index is 1.74. The van der Waals surface area contributed by atoms with Crippen LogP contribution >= 0.6 is 11.6 Å². The minimum absolute atomic E-state index is 0.000744. The number of aromatic nitrogens is 1. The van der Waals surface area contributed by atoms with Gasteiger partial charge in [-0.2, -0.15) is 0 Å². The molecule has 18 heavy (non-hydrogen) atoms. The normalized spacial score (nSPS) is 33.7. The quantitative estimate of drug-likeness (QED) is 0.860. The molecule has 4 unspecified atom stereocenters. The fourth-order valence-electron chi connectivity index (χ4n) is 3.41. The van der Waals surface area contributed by atoms with Crippen molar-refractivity contribution in [3.63, 3.8) is 0 Å². The number of nitrogens with one attached hydrogen (secondary N) is 1. The van der Waals surface area contributed by atoms with Crippen molar-refractivity contribution in [2.45, 2.75) is 25.3 Å². The number of amides is 1.